The first kappa shape index (κ1) is 14.0. The van der Waals surface area contributed by atoms with Crippen LogP contribution in [0.5, 0.6) is 5.75 Å². The zero-order valence-electron chi connectivity index (χ0n) is 12.8. The highest BCUT2D eigenvalue weighted by Crippen LogP contribution is 2.38. The third-order valence-corrected chi connectivity index (χ3v) is 4.28. The highest BCUT2D eigenvalue weighted by atomic mass is 19.1. The van der Waals surface area contributed by atoms with Gasteiger partial charge in [-0.1, -0.05) is 18.2 Å². The number of aromatic nitrogens is 3. The molecule has 0 aliphatic carbocycles. The monoisotopic (exact) mass is 312 g/mol. The Bertz CT molecular complexity index is 847. The molecule has 5 nitrogen and oxygen atoms in total. The highest BCUT2D eigenvalue weighted by Gasteiger charge is 2.26. The van der Waals surface area contributed by atoms with E-state index in [-0.39, 0.29) is 0 Å². The third kappa shape index (κ3) is 2.30. The smallest absolute Gasteiger partial charge is 0.143 e. The average Bonchev–Trinajstić information content (AvgIpc) is 3.21. The zero-order valence-corrected chi connectivity index (χ0v) is 12.8. The lowest BCUT2D eigenvalue weighted by Crippen LogP contribution is -2.21. The van der Waals surface area contributed by atoms with Crippen LogP contribution < -0.4 is 9.64 Å². The Morgan fingerprint density at radius 3 is 2.91 bits per heavy atom. The van der Waals surface area contributed by atoms with Gasteiger partial charge in [0.1, 0.15) is 29.7 Å². The van der Waals surface area contributed by atoms with Crippen molar-refractivity contribution in [3.05, 3.63) is 36.8 Å². The summed E-state index contributed by atoms with van der Waals surface area (Å²) >= 11 is 0. The molecule has 3 aromatic rings. The molecule has 0 amide bonds. The van der Waals surface area contributed by atoms with Gasteiger partial charge >= 0.3 is 0 Å². The van der Waals surface area contributed by atoms with E-state index in [2.05, 4.69) is 15.0 Å². The Morgan fingerprint density at radius 2 is 2.13 bits per heavy atom. The number of ether oxygens (including phenoxy) is 1. The number of fused-ring (bicyclic) bond motifs is 1. The number of H-pyrrole nitrogens is 1. The number of methoxy groups -OCH3 is 1. The molecule has 23 heavy (non-hydrogen) atoms. The van der Waals surface area contributed by atoms with E-state index in [0.29, 0.717) is 19.5 Å². The van der Waals surface area contributed by atoms with Crippen LogP contribution in [-0.2, 0) is 0 Å². The van der Waals surface area contributed by atoms with E-state index in [1.807, 2.05) is 35.4 Å². The molecule has 0 unspecified atom stereocenters. The van der Waals surface area contributed by atoms with Crippen LogP contribution >= 0.6 is 0 Å². The number of nitrogens with zero attached hydrogens (tertiary/aromatic N) is 3. The Kier molecular flexibility index (Phi) is 3.37. The molecule has 0 bridgehead atoms. The minimum Gasteiger partial charge on any atom is -0.496 e. The fraction of sp³-hybridized carbons (Fsp3) is 0.294. The lowest BCUT2D eigenvalue weighted by molar-refractivity contribution is 0.364. The molecule has 0 spiro atoms. The van der Waals surface area contributed by atoms with E-state index in [9.17, 15) is 4.39 Å². The third-order valence-electron chi connectivity index (χ3n) is 4.28. The first-order valence-electron chi connectivity index (χ1n) is 7.62. The predicted molar refractivity (Wildman–Crippen MR) is 87.6 cm³/mol. The summed E-state index contributed by atoms with van der Waals surface area (Å²) in [6.07, 6.45) is 3.17. The van der Waals surface area contributed by atoms with Gasteiger partial charge in [0.2, 0.25) is 0 Å². The summed E-state index contributed by atoms with van der Waals surface area (Å²) in [4.78, 5) is 13.9. The summed E-state index contributed by atoms with van der Waals surface area (Å²) in [6.45, 7) is 1.05. The van der Waals surface area contributed by atoms with Gasteiger partial charge in [-0.3, -0.25) is 0 Å². The van der Waals surface area contributed by atoms with Crippen molar-refractivity contribution >= 4 is 16.9 Å². The van der Waals surface area contributed by atoms with E-state index in [1.54, 1.807) is 7.11 Å². The maximum atomic E-state index is 13.6. The molecule has 1 fully saturated rings. The van der Waals surface area contributed by atoms with Gasteiger partial charge < -0.3 is 14.6 Å². The molecule has 3 heterocycles. The highest BCUT2D eigenvalue weighted by molar-refractivity contribution is 6.02. The minimum atomic E-state index is -0.798. The quantitative estimate of drug-likeness (QED) is 0.807. The van der Waals surface area contributed by atoms with E-state index in [1.165, 1.54) is 6.33 Å². The largest absolute Gasteiger partial charge is 0.496 e. The Balaban J connectivity index is 1.91. The van der Waals surface area contributed by atoms with Crippen molar-refractivity contribution in [2.75, 3.05) is 25.1 Å². The second-order valence-corrected chi connectivity index (χ2v) is 5.66. The van der Waals surface area contributed by atoms with Gasteiger partial charge in [-0.2, -0.15) is 0 Å². The van der Waals surface area contributed by atoms with Crippen LogP contribution in [0, 0.1) is 0 Å². The topological polar surface area (TPSA) is 54.0 Å². The van der Waals surface area contributed by atoms with Crippen molar-refractivity contribution in [3.63, 3.8) is 0 Å². The number of halogens is 1. The molecular weight excluding hydrogens is 295 g/mol. The normalized spacial score (nSPS) is 17.8. The van der Waals surface area contributed by atoms with Crippen LogP contribution in [0.1, 0.15) is 6.42 Å². The van der Waals surface area contributed by atoms with Gasteiger partial charge in [-0.25, -0.2) is 14.4 Å². The van der Waals surface area contributed by atoms with Crippen molar-refractivity contribution in [1.82, 2.24) is 15.0 Å². The maximum absolute atomic E-state index is 13.6. The molecule has 0 saturated carbocycles. The molecular formula is C17H17FN4O. The number of nitrogens with one attached hydrogen (secondary N) is 1. The number of alkyl halides is 1. The van der Waals surface area contributed by atoms with E-state index in [4.69, 9.17) is 4.74 Å². The summed E-state index contributed by atoms with van der Waals surface area (Å²) in [6, 6.07) is 7.82. The van der Waals surface area contributed by atoms with Crippen molar-refractivity contribution in [2.45, 2.75) is 12.6 Å². The molecule has 1 N–H and O–H groups in total. The SMILES string of the molecule is COc1ccccc1-c1c[nH]c2ncnc(N3CC[C@H](F)C3)c12. The molecule has 2 aromatic heterocycles. The fourth-order valence-corrected chi connectivity index (χ4v) is 3.18. The molecule has 6 heteroatoms. The van der Waals surface area contributed by atoms with E-state index < -0.39 is 6.17 Å². The molecule has 1 saturated heterocycles. The lowest BCUT2D eigenvalue weighted by atomic mass is 10.0. The van der Waals surface area contributed by atoms with Crippen molar-refractivity contribution < 1.29 is 9.13 Å². The Labute approximate surface area is 133 Å². The molecule has 1 atom stereocenters. The zero-order chi connectivity index (χ0) is 15.8. The fourth-order valence-electron chi connectivity index (χ4n) is 3.18. The first-order chi connectivity index (χ1) is 11.3. The van der Waals surface area contributed by atoms with Gasteiger partial charge in [-0.05, 0) is 12.5 Å². The molecule has 118 valence electrons. The van der Waals surface area contributed by atoms with Gasteiger partial charge in [0.15, 0.2) is 0 Å². The van der Waals surface area contributed by atoms with Gasteiger partial charge in [0.05, 0.1) is 19.0 Å². The molecule has 1 aliphatic heterocycles. The minimum absolute atomic E-state index is 0.378. The van der Waals surface area contributed by atoms with Crippen molar-refractivity contribution in [3.8, 4) is 16.9 Å². The number of aromatic amines is 1. The predicted octanol–water partition coefficient (Wildman–Crippen LogP) is 3.18. The van der Waals surface area contributed by atoms with Gasteiger partial charge in [0.25, 0.3) is 0 Å². The van der Waals surface area contributed by atoms with Crippen LogP contribution in [-0.4, -0.2) is 41.3 Å². The van der Waals surface area contributed by atoms with E-state index >= 15 is 0 Å². The first-order valence-corrected chi connectivity index (χ1v) is 7.62. The summed E-state index contributed by atoms with van der Waals surface area (Å²) in [5, 5.41) is 0.908. The second kappa shape index (κ2) is 5.53. The maximum Gasteiger partial charge on any atom is 0.143 e. The molecule has 4 rings (SSSR count). The number of benzene rings is 1. The van der Waals surface area contributed by atoms with Crippen LogP contribution in [0.25, 0.3) is 22.2 Å². The molecule has 1 aromatic carbocycles. The van der Waals surface area contributed by atoms with Crippen molar-refractivity contribution in [2.24, 2.45) is 0 Å². The second-order valence-electron chi connectivity index (χ2n) is 5.66. The summed E-state index contributed by atoms with van der Waals surface area (Å²) in [5.41, 5.74) is 2.68. The standard InChI is InChI=1S/C17H17FN4O/c1-23-14-5-3-2-4-12(14)13-8-19-16-15(13)17(21-10-20-16)22-7-6-11(18)9-22/h2-5,8,10-11H,6-7,9H2,1H3,(H,19,20,21)/t11-/m0/s1. The Hall–Kier alpha value is -2.63. The Morgan fingerprint density at radius 1 is 1.26 bits per heavy atom. The molecule has 1 aliphatic rings. The number of hydrogen-bond acceptors (Lipinski definition) is 4. The summed E-state index contributed by atoms with van der Waals surface area (Å²) in [5.74, 6) is 1.56. The number of anilines is 1. The van der Waals surface area contributed by atoms with Crippen LogP contribution in [0.15, 0.2) is 36.8 Å². The van der Waals surface area contributed by atoms with Gasteiger partial charge in [-0.15, -0.1) is 0 Å². The lowest BCUT2D eigenvalue weighted by Gasteiger charge is -2.18. The van der Waals surface area contributed by atoms with Crippen molar-refractivity contribution in [1.29, 1.82) is 0 Å². The average molecular weight is 312 g/mol. The van der Waals surface area contributed by atoms with Crippen LogP contribution in [0.3, 0.4) is 0 Å². The summed E-state index contributed by atoms with van der Waals surface area (Å²) < 4.78 is 19.1. The number of hydrogen-bond donors (Lipinski definition) is 1. The summed E-state index contributed by atoms with van der Waals surface area (Å²) in [7, 11) is 1.65. The number of rotatable bonds is 3. The number of para-hydroxylation sites is 1. The van der Waals surface area contributed by atoms with Crippen LogP contribution in [0.2, 0.25) is 0 Å². The molecule has 0 radical (unpaired) electrons. The van der Waals surface area contributed by atoms with E-state index in [0.717, 1.165) is 33.7 Å². The van der Waals surface area contributed by atoms with Crippen LogP contribution in [0.4, 0.5) is 10.2 Å². The van der Waals surface area contributed by atoms with Gasteiger partial charge in [0, 0.05) is 23.9 Å².